The molecule has 2 aromatic rings. The van der Waals surface area contributed by atoms with Crippen LogP contribution < -0.4 is 9.47 Å². The zero-order chi connectivity index (χ0) is 23.3. The highest BCUT2D eigenvalue weighted by molar-refractivity contribution is 5.73. The summed E-state index contributed by atoms with van der Waals surface area (Å²) in [7, 11) is 5.48. The van der Waals surface area contributed by atoms with Gasteiger partial charge in [0.05, 0.1) is 14.2 Å². The predicted molar refractivity (Wildman–Crippen MR) is 129 cm³/mol. The van der Waals surface area contributed by atoms with Gasteiger partial charge in [0.25, 0.3) is 0 Å². The van der Waals surface area contributed by atoms with E-state index in [1.165, 1.54) is 5.56 Å². The zero-order valence-corrected chi connectivity index (χ0v) is 20.4. The SMILES string of the molecule is COc1ccc(CN(CC[C@]2(c3ccccc3)C[C@H](C)N(C)C[C@@H]2C)C(C)=O)cc1OC. The average molecular weight is 439 g/mol. The second-order valence-corrected chi connectivity index (χ2v) is 9.30. The van der Waals surface area contributed by atoms with Crippen molar-refractivity contribution >= 4 is 5.91 Å². The van der Waals surface area contributed by atoms with Gasteiger partial charge < -0.3 is 19.3 Å². The number of ether oxygens (including phenoxy) is 2. The van der Waals surface area contributed by atoms with E-state index in [0.717, 1.165) is 31.5 Å². The summed E-state index contributed by atoms with van der Waals surface area (Å²) in [6.45, 7) is 8.68. The number of hydrogen-bond donors (Lipinski definition) is 0. The molecule has 1 saturated heterocycles. The maximum Gasteiger partial charge on any atom is 0.219 e. The number of piperidine rings is 1. The average Bonchev–Trinajstić information content (AvgIpc) is 2.79. The molecular formula is C27H38N2O3. The van der Waals surface area contributed by atoms with Crippen LogP contribution in [-0.2, 0) is 16.8 Å². The lowest BCUT2D eigenvalue weighted by molar-refractivity contribution is -0.129. The molecule has 0 saturated carbocycles. The summed E-state index contributed by atoms with van der Waals surface area (Å²) < 4.78 is 10.8. The van der Waals surface area contributed by atoms with Gasteiger partial charge in [-0.05, 0) is 56.0 Å². The summed E-state index contributed by atoms with van der Waals surface area (Å²) in [5, 5.41) is 0. The molecule has 0 unspecified atom stereocenters. The van der Waals surface area contributed by atoms with E-state index >= 15 is 0 Å². The van der Waals surface area contributed by atoms with Crippen molar-refractivity contribution in [1.82, 2.24) is 9.80 Å². The summed E-state index contributed by atoms with van der Waals surface area (Å²) in [5.74, 6) is 1.98. The molecule has 5 nitrogen and oxygen atoms in total. The maximum absolute atomic E-state index is 12.6. The van der Waals surface area contributed by atoms with Crippen LogP contribution in [0, 0.1) is 5.92 Å². The molecule has 3 atom stereocenters. The van der Waals surface area contributed by atoms with Crippen molar-refractivity contribution in [3.05, 3.63) is 59.7 Å². The van der Waals surface area contributed by atoms with E-state index in [9.17, 15) is 4.79 Å². The van der Waals surface area contributed by atoms with E-state index in [0.29, 0.717) is 30.0 Å². The molecule has 0 N–H and O–H groups in total. The maximum atomic E-state index is 12.6. The fraction of sp³-hybridized carbons (Fsp3) is 0.519. The first-order chi connectivity index (χ1) is 15.3. The van der Waals surface area contributed by atoms with Crippen LogP contribution in [-0.4, -0.2) is 56.1 Å². The minimum absolute atomic E-state index is 0.0541. The van der Waals surface area contributed by atoms with E-state index in [2.05, 4.69) is 56.1 Å². The van der Waals surface area contributed by atoms with Crippen LogP contribution in [0.4, 0.5) is 0 Å². The van der Waals surface area contributed by atoms with Gasteiger partial charge in [-0.2, -0.15) is 0 Å². The number of carbonyl (C=O) groups is 1. The summed E-state index contributed by atoms with van der Waals surface area (Å²) in [6.07, 6.45) is 2.04. The minimum atomic E-state index is 0.0541. The molecule has 5 heteroatoms. The van der Waals surface area contributed by atoms with Crippen molar-refractivity contribution in [2.24, 2.45) is 5.92 Å². The van der Waals surface area contributed by atoms with Gasteiger partial charge in [0.15, 0.2) is 11.5 Å². The molecule has 32 heavy (non-hydrogen) atoms. The lowest BCUT2D eigenvalue weighted by Gasteiger charge is -2.50. The lowest BCUT2D eigenvalue weighted by Crippen LogP contribution is -2.52. The van der Waals surface area contributed by atoms with Gasteiger partial charge in [-0.3, -0.25) is 4.79 Å². The Morgan fingerprint density at radius 2 is 1.78 bits per heavy atom. The third-order valence-electron chi connectivity index (χ3n) is 7.36. The normalized spacial score (nSPS) is 23.6. The van der Waals surface area contributed by atoms with Crippen molar-refractivity contribution in [2.75, 3.05) is 34.4 Å². The fourth-order valence-electron chi connectivity index (χ4n) is 5.22. The first-order valence-corrected chi connectivity index (χ1v) is 11.5. The van der Waals surface area contributed by atoms with Crippen LogP contribution in [0.1, 0.15) is 44.7 Å². The van der Waals surface area contributed by atoms with Crippen molar-refractivity contribution in [3.8, 4) is 11.5 Å². The quantitative estimate of drug-likeness (QED) is 0.597. The minimum Gasteiger partial charge on any atom is -0.493 e. The molecule has 174 valence electrons. The highest BCUT2D eigenvalue weighted by Gasteiger charge is 2.43. The van der Waals surface area contributed by atoms with Gasteiger partial charge in [0, 0.05) is 38.0 Å². The number of carbonyl (C=O) groups excluding carboxylic acids is 1. The Labute approximate surface area is 193 Å². The van der Waals surface area contributed by atoms with E-state index in [1.54, 1.807) is 21.1 Å². The number of methoxy groups -OCH3 is 2. The van der Waals surface area contributed by atoms with Crippen LogP contribution in [0.5, 0.6) is 11.5 Å². The predicted octanol–water partition coefficient (Wildman–Crippen LogP) is 4.74. The van der Waals surface area contributed by atoms with Crippen LogP contribution in [0.15, 0.2) is 48.5 Å². The second-order valence-electron chi connectivity index (χ2n) is 9.30. The van der Waals surface area contributed by atoms with Gasteiger partial charge >= 0.3 is 0 Å². The van der Waals surface area contributed by atoms with Crippen molar-refractivity contribution < 1.29 is 14.3 Å². The highest BCUT2D eigenvalue weighted by Crippen LogP contribution is 2.44. The first-order valence-electron chi connectivity index (χ1n) is 11.5. The Morgan fingerprint density at radius 3 is 2.41 bits per heavy atom. The molecule has 0 spiro atoms. The van der Waals surface area contributed by atoms with E-state index in [1.807, 2.05) is 23.1 Å². The molecule has 0 aliphatic carbocycles. The molecule has 0 bridgehead atoms. The van der Waals surface area contributed by atoms with Crippen LogP contribution in [0.2, 0.25) is 0 Å². The third-order valence-corrected chi connectivity index (χ3v) is 7.36. The monoisotopic (exact) mass is 438 g/mol. The number of benzene rings is 2. The third kappa shape index (κ3) is 5.09. The Morgan fingerprint density at radius 1 is 1.09 bits per heavy atom. The molecule has 1 heterocycles. The Balaban J connectivity index is 1.84. The smallest absolute Gasteiger partial charge is 0.219 e. The molecule has 1 aliphatic rings. The largest absolute Gasteiger partial charge is 0.493 e. The molecule has 1 amide bonds. The molecule has 0 radical (unpaired) electrons. The summed E-state index contributed by atoms with van der Waals surface area (Å²) >= 11 is 0. The van der Waals surface area contributed by atoms with E-state index in [-0.39, 0.29) is 11.3 Å². The second kappa shape index (κ2) is 10.4. The van der Waals surface area contributed by atoms with Crippen molar-refractivity contribution in [3.63, 3.8) is 0 Å². The number of nitrogens with zero attached hydrogens (tertiary/aromatic N) is 2. The molecule has 1 fully saturated rings. The van der Waals surface area contributed by atoms with Crippen LogP contribution in [0.25, 0.3) is 0 Å². The van der Waals surface area contributed by atoms with Gasteiger partial charge in [-0.25, -0.2) is 0 Å². The molecule has 2 aromatic carbocycles. The summed E-state index contributed by atoms with van der Waals surface area (Å²) in [6, 6.07) is 17.3. The summed E-state index contributed by atoms with van der Waals surface area (Å²) in [5.41, 5.74) is 2.48. The molecular weight excluding hydrogens is 400 g/mol. The van der Waals surface area contributed by atoms with Gasteiger partial charge in [0.1, 0.15) is 0 Å². The topological polar surface area (TPSA) is 42.0 Å². The van der Waals surface area contributed by atoms with Crippen LogP contribution in [0.3, 0.4) is 0 Å². The number of amides is 1. The Bertz CT molecular complexity index is 901. The Kier molecular flexibility index (Phi) is 7.83. The Hall–Kier alpha value is -2.53. The van der Waals surface area contributed by atoms with Gasteiger partial charge in [0.2, 0.25) is 5.91 Å². The lowest BCUT2D eigenvalue weighted by atomic mass is 9.63. The highest BCUT2D eigenvalue weighted by atomic mass is 16.5. The van der Waals surface area contributed by atoms with Crippen LogP contribution >= 0.6 is 0 Å². The molecule has 1 aliphatic heterocycles. The molecule has 0 aromatic heterocycles. The first kappa shape index (κ1) is 24.1. The number of rotatable bonds is 8. The standard InChI is InChI=1S/C27H38N2O3/c1-20-18-28(4)21(2)17-27(20,24-10-8-7-9-11-24)14-15-29(22(3)30)19-23-12-13-25(31-5)26(16-23)32-6/h7-13,16,20-21H,14-15,17-19H2,1-6H3/t20-,21-,27-/m0/s1. The summed E-state index contributed by atoms with van der Waals surface area (Å²) in [4.78, 5) is 17.0. The van der Waals surface area contributed by atoms with Crippen molar-refractivity contribution in [2.45, 2.75) is 51.6 Å². The van der Waals surface area contributed by atoms with Gasteiger partial charge in [-0.15, -0.1) is 0 Å². The number of likely N-dealkylation sites (tertiary alicyclic amines) is 1. The zero-order valence-electron chi connectivity index (χ0n) is 20.4. The van der Waals surface area contributed by atoms with Crippen molar-refractivity contribution in [1.29, 1.82) is 0 Å². The molecule has 3 rings (SSSR count). The number of hydrogen-bond acceptors (Lipinski definition) is 4. The van der Waals surface area contributed by atoms with E-state index in [4.69, 9.17) is 9.47 Å². The van der Waals surface area contributed by atoms with Gasteiger partial charge in [-0.1, -0.05) is 43.3 Å². The van der Waals surface area contributed by atoms with E-state index < -0.39 is 0 Å². The fourth-order valence-corrected chi connectivity index (χ4v) is 5.22.